The number of halogens is 1. The second-order valence-electron chi connectivity index (χ2n) is 4.69. The zero-order valence-electron chi connectivity index (χ0n) is 10.7. The lowest BCUT2D eigenvalue weighted by Gasteiger charge is -2.06. The number of thiophene rings is 1. The van der Waals surface area contributed by atoms with Crippen LogP contribution in [0, 0.1) is 0 Å². The summed E-state index contributed by atoms with van der Waals surface area (Å²) in [5.74, 6) is 1.57. The maximum atomic E-state index is 5.29. The molecule has 3 rings (SSSR count). The summed E-state index contributed by atoms with van der Waals surface area (Å²) in [5.41, 5.74) is 0. The smallest absolute Gasteiger partial charge is 0.226 e. The van der Waals surface area contributed by atoms with E-state index in [0.717, 1.165) is 37.5 Å². The Morgan fingerprint density at radius 2 is 2.42 bits per heavy atom. The topological polar surface area (TPSA) is 51.0 Å². The largest absolute Gasteiger partial charge is 0.339 e. The fraction of sp³-hybridized carbons (Fsp3) is 0.538. The highest BCUT2D eigenvalue weighted by atomic mass is 35.5. The van der Waals surface area contributed by atoms with Crippen molar-refractivity contribution in [2.24, 2.45) is 0 Å². The van der Waals surface area contributed by atoms with E-state index in [1.807, 2.05) is 6.07 Å². The first-order chi connectivity index (χ1) is 8.90. The summed E-state index contributed by atoms with van der Waals surface area (Å²) in [6.45, 7) is 1.15. The number of nitrogens with one attached hydrogen (secondary N) is 1. The summed E-state index contributed by atoms with van der Waals surface area (Å²) >= 11 is 1.73. The zero-order valence-corrected chi connectivity index (χ0v) is 12.3. The Hall–Kier alpha value is -0.910. The maximum Gasteiger partial charge on any atom is 0.226 e. The van der Waals surface area contributed by atoms with Crippen LogP contribution < -0.4 is 5.32 Å². The minimum absolute atomic E-state index is 0. The predicted octanol–water partition coefficient (Wildman–Crippen LogP) is 2.83. The van der Waals surface area contributed by atoms with E-state index < -0.39 is 0 Å². The standard InChI is InChI=1S/C13H17N3OS.ClH/c1-3-10(14-7-1)5-6-13-15-12(16-17-13)9-11-4-2-8-18-11;/h2,4,8,10,14H,1,3,5-7,9H2;1H. The molecule has 1 atom stereocenters. The Morgan fingerprint density at radius 1 is 1.47 bits per heavy atom. The maximum absolute atomic E-state index is 5.29. The van der Waals surface area contributed by atoms with Crippen LogP contribution in [0.4, 0.5) is 0 Å². The van der Waals surface area contributed by atoms with Gasteiger partial charge in [0.15, 0.2) is 5.82 Å². The van der Waals surface area contributed by atoms with Gasteiger partial charge in [-0.05, 0) is 37.3 Å². The molecule has 0 saturated carbocycles. The number of rotatable bonds is 5. The summed E-state index contributed by atoms with van der Waals surface area (Å²) in [7, 11) is 0. The number of nitrogens with zero attached hydrogens (tertiary/aromatic N) is 2. The van der Waals surface area contributed by atoms with Gasteiger partial charge in [0.2, 0.25) is 5.89 Å². The van der Waals surface area contributed by atoms with E-state index in [0.29, 0.717) is 6.04 Å². The van der Waals surface area contributed by atoms with E-state index >= 15 is 0 Å². The molecular formula is C13H18ClN3OS. The zero-order chi connectivity index (χ0) is 12.2. The van der Waals surface area contributed by atoms with Crippen molar-refractivity contribution >= 4 is 23.7 Å². The van der Waals surface area contributed by atoms with Crippen molar-refractivity contribution < 1.29 is 4.52 Å². The van der Waals surface area contributed by atoms with Crippen molar-refractivity contribution in [1.29, 1.82) is 0 Å². The summed E-state index contributed by atoms with van der Waals surface area (Å²) in [6, 6.07) is 4.79. The SMILES string of the molecule is Cl.c1csc(Cc2noc(CCC3CCCN3)n2)c1. The average Bonchev–Trinajstić information content (AvgIpc) is 3.09. The van der Waals surface area contributed by atoms with E-state index in [9.17, 15) is 0 Å². The second kappa shape index (κ2) is 7.03. The normalized spacial score (nSPS) is 18.4. The van der Waals surface area contributed by atoms with E-state index in [1.54, 1.807) is 11.3 Å². The van der Waals surface area contributed by atoms with E-state index in [1.165, 1.54) is 17.7 Å². The first-order valence-electron chi connectivity index (χ1n) is 6.47. The van der Waals surface area contributed by atoms with Crippen LogP contribution in [0.25, 0.3) is 0 Å². The average molecular weight is 300 g/mol. The summed E-state index contributed by atoms with van der Waals surface area (Å²) in [6.07, 6.45) is 5.33. The van der Waals surface area contributed by atoms with Gasteiger partial charge in [0, 0.05) is 23.8 Å². The summed E-state index contributed by atoms with van der Waals surface area (Å²) < 4.78 is 5.29. The van der Waals surface area contributed by atoms with Crippen molar-refractivity contribution in [3.8, 4) is 0 Å². The Balaban J connectivity index is 0.00000133. The molecular weight excluding hydrogens is 282 g/mol. The van der Waals surface area contributed by atoms with Gasteiger partial charge in [-0.15, -0.1) is 23.7 Å². The van der Waals surface area contributed by atoms with Gasteiger partial charge >= 0.3 is 0 Å². The van der Waals surface area contributed by atoms with Gasteiger partial charge in [0.05, 0.1) is 0 Å². The van der Waals surface area contributed by atoms with Crippen LogP contribution in [-0.4, -0.2) is 22.7 Å². The molecule has 0 bridgehead atoms. The van der Waals surface area contributed by atoms with Gasteiger partial charge < -0.3 is 9.84 Å². The molecule has 0 amide bonds. The van der Waals surface area contributed by atoms with Gasteiger partial charge in [0.1, 0.15) is 0 Å². The molecule has 6 heteroatoms. The minimum Gasteiger partial charge on any atom is -0.339 e. The summed E-state index contributed by atoms with van der Waals surface area (Å²) in [4.78, 5) is 5.72. The fourth-order valence-electron chi connectivity index (χ4n) is 2.33. The lowest BCUT2D eigenvalue weighted by molar-refractivity contribution is 0.364. The highest BCUT2D eigenvalue weighted by molar-refractivity contribution is 7.09. The van der Waals surface area contributed by atoms with Gasteiger partial charge in [-0.1, -0.05) is 11.2 Å². The van der Waals surface area contributed by atoms with Gasteiger partial charge in [0.25, 0.3) is 0 Å². The highest BCUT2D eigenvalue weighted by Crippen LogP contribution is 2.15. The Bertz CT molecular complexity index is 480. The first kappa shape index (κ1) is 14.5. The third kappa shape index (κ3) is 4.03. The predicted molar refractivity (Wildman–Crippen MR) is 78.0 cm³/mol. The molecule has 0 aromatic carbocycles. The van der Waals surface area contributed by atoms with Gasteiger partial charge in [-0.25, -0.2) is 0 Å². The molecule has 2 aromatic rings. The number of aryl methyl sites for hydroxylation is 1. The Labute approximate surface area is 123 Å². The molecule has 0 spiro atoms. The molecule has 1 aliphatic heterocycles. The van der Waals surface area contributed by atoms with E-state index in [-0.39, 0.29) is 12.4 Å². The molecule has 19 heavy (non-hydrogen) atoms. The van der Waals surface area contributed by atoms with Crippen molar-refractivity contribution in [2.75, 3.05) is 6.54 Å². The highest BCUT2D eigenvalue weighted by Gasteiger charge is 2.15. The number of aromatic nitrogens is 2. The van der Waals surface area contributed by atoms with E-state index in [4.69, 9.17) is 4.52 Å². The lowest BCUT2D eigenvalue weighted by atomic mass is 10.1. The molecule has 4 nitrogen and oxygen atoms in total. The second-order valence-corrected chi connectivity index (χ2v) is 5.72. The molecule has 0 aliphatic carbocycles. The van der Waals surface area contributed by atoms with Crippen molar-refractivity contribution in [3.05, 3.63) is 34.1 Å². The third-order valence-corrected chi connectivity index (χ3v) is 4.17. The molecule has 0 radical (unpaired) electrons. The quantitative estimate of drug-likeness (QED) is 0.922. The van der Waals surface area contributed by atoms with Crippen LogP contribution in [-0.2, 0) is 12.8 Å². The van der Waals surface area contributed by atoms with Crippen LogP contribution in [0.2, 0.25) is 0 Å². The Kier molecular flexibility index (Phi) is 5.36. The van der Waals surface area contributed by atoms with Crippen LogP contribution in [0.5, 0.6) is 0 Å². The van der Waals surface area contributed by atoms with Crippen LogP contribution in [0.1, 0.15) is 35.9 Å². The molecule has 3 heterocycles. The van der Waals surface area contributed by atoms with Crippen LogP contribution in [0.15, 0.2) is 22.0 Å². The van der Waals surface area contributed by atoms with Gasteiger partial charge in [-0.2, -0.15) is 4.98 Å². The van der Waals surface area contributed by atoms with E-state index in [2.05, 4.69) is 26.9 Å². The number of hydrogen-bond donors (Lipinski definition) is 1. The summed E-state index contributed by atoms with van der Waals surface area (Å²) in [5, 5.41) is 9.59. The first-order valence-corrected chi connectivity index (χ1v) is 7.35. The third-order valence-electron chi connectivity index (χ3n) is 3.29. The lowest BCUT2D eigenvalue weighted by Crippen LogP contribution is -2.21. The van der Waals surface area contributed by atoms with Crippen molar-refractivity contribution in [3.63, 3.8) is 0 Å². The van der Waals surface area contributed by atoms with Crippen LogP contribution in [0.3, 0.4) is 0 Å². The van der Waals surface area contributed by atoms with Crippen molar-refractivity contribution in [1.82, 2.24) is 15.5 Å². The molecule has 2 aromatic heterocycles. The molecule has 1 fully saturated rings. The number of hydrogen-bond acceptors (Lipinski definition) is 5. The fourth-order valence-corrected chi connectivity index (χ4v) is 3.03. The van der Waals surface area contributed by atoms with Crippen molar-refractivity contribution in [2.45, 2.75) is 38.1 Å². The molecule has 1 aliphatic rings. The Morgan fingerprint density at radius 3 is 3.16 bits per heavy atom. The molecule has 1 unspecified atom stereocenters. The monoisotopic (exact) mass is 299 g/mol. The van der Waals surface area contributed by atoms with Crippen LogP contribution >= 0.6 is 23.7 Å². The minimum atomic E-state index is 0. The molecule has 104 valence electrons. The molecule has 1 saturated heterocycles. The molecule has 1 N–H and O–H groups in total. The van der Waals surface area contributed by atoms with Gasteiger partial charge in [-0.3, -0.25) is 0 Å².